The third-order valence-electron chi connectivity index (χ3n) is 3.22. The molecule has 0 radical (unpaired) electrons. The summed E-state index contributed by atoms with van der Waals surface area (Å²) in [4.78, 5) is 12.2. The fraction of sp³-hybridized carbons (Fsp3) is 0.312. The number of hydrogen-bond donors (Lipinski definition) is 2. The predicted octanol–water partition coefficient (Wildman–Crippen LogP) is 3.49. The molecule has 0 fully saturated rings. The van der Waals surface area contributed by atoms with E-state index < -0.39 is 0 Å². The first kappa shape index (κ1) is 15.7. The molecule has 0 aliphatic rings. The molecule has 5 heteroatoms. The van der Waals surface area contributed by atoms with Crippen LogP contribution in [0, 0.1) is 12.7 Å². The van der Waals surface area contributed by atoms with E-state index in [0.717, 1.165) is 34.7 Å². The summed E-state index contributed by atoms with van der Waals surface area (Å²) < 4.78 is 13.0. The lowest BCUT2D eigenvalue weighted by Gasteiger charge is -2.08. The molecule has 0 aliphatic carbocycles. The lowest BCUT2D eigenvalue weighted by atomic mass is 10.1. The molecule has 21 heavy (non-hydrogen) atoms. The second-order valence-electron chi connectivity index (χ2n) is 4.94. The average molecular weight is 306 g/mol. The van der Waals surface area contributed by atoms with E-state index in [1.807, 2.05) is 24.4 Å². The Balaban J connectivity index is 1.82. The number of halogens is 1. The van der Waals surface area contributed by atoms with Gasteiger partial charge < -0.3 is 10.6 Å². The van der Waals surface area contributed by atoms with Crippen LogP contribution in [-0.2, 0) is 17.8 Å². The molecule has 3 nitrogen and oxygen atoms in total. The van der Waals surface area contributed by atoms with E-state index in [2.05, 4.69) is 10.6 Å². The summed E-state index contributed by atoms with van der Waals surface area (Å²) in [5.74, 6) is -0.251. The molecular formula is C16H19FN2OS. The van der Waals surface area contributed by atoms with Crippen molar-refractivity contribution in [2.45, 2.75) is 26.8 Å². The minimum atomic E-state index is -0.192. The summed E-state index contributed by atoms with van der Waals surface area (Å²) in [6, 6.07) is 6.80. The summed E-state index contributed by atoms with van der Waals surface area (Å²) in [5.41, 5.74) is 3.00. The van der Waals surface area contributed by atoms with Crippen LogP contribution in [0.4, 0.5) is 10.1 Å². The zero-order valence-electron chi connectivity index (χ0n) is 12.2. The molecule has 0 spiro atoms. The molecule has 2 aromatic rings. The highest BCUT2D eigenvalue weighted by molar-refractivity contribution is 7.10. The molecule has 1 aromatic heterocycles. The van der Waals surface area contributed by atoms with Gasteiger partial charge in [-0.2, -0.15) is 0 Å². The van der Waals surface area contributed by atoms with E-state index >= 15 is 0 Å². The van der Waals surface area contributed by atoms with Crippen molar-refractivity contribution in [3.63, 3.8) is 0 Å². The van der Waals surface area contributed by atoms with Gasteiger partial charge in [0.25, 0.3) is 0 Å². The SMILES string of the molecule is CC(=O)Nc1ccsc1CNCCc1ccc(F)cc1C. The molecule has 0 saturated carbocycles. The largest absolute Gasteiger partial charge is 0.325 e. The number of carbonyl (C=O) groups is 1. The molecule has 2 rings (SSSR count). The second kappa shape index (κ2) is 7.33. The number of benzene rings is 1. The normalized spacial score (nSPS) is 10.6. The summed E-state index contributed by atoms with van der Waals surface area (Å²) >= 11 is 1.62. The van der Waals surface area contributed by atoms with Crippen LogP contribution in [0.5, 0.6) is 0 Å². The predicted molar refractivity (Wildman–Crippen MR) is 85.2 cm³/mol. The highest BCUT2D eigenvalue weighted by atomic mass is 32.1. The Morgan fingerprint density at radius 3 is 2.86 bits per heavy atom. The van der Waals surface area contributed by atoms with E-state index in [-0.39, 0.29) is 11.7 Å². The van der Waals surface area contributed by atoms with Gasteiger partial charge in [-0.3, -0.25) is 4.79 Å². The van der Waals surface area contributed by atoms with Gasteiger partial charge in [-0.1, -0.05) is 6.07 Å². The van der Waals surface area contributed by atoms with Crippen molar-refractivity contribution in [3.8, 4) is 0 Å². The van der Waals surface area contributed by atoms with Crippen LogP contribution in [-0.4, -0.2) is 12.5 Å². The first-order valence-electron chi connectivity index (χ1n) is 6.86. The van der Waals surface area contributed by atoms with E-state index in [0.29, 0.717) is 6.54 Å². The molecule has 0 bridgehead atoms. The van der Waals surface area contributed by atoms with Crippen molar-refractivity contribution in [1.29, 1.82) is 0 Å². The van der Waals surface area contributed by atoms with Crippen LogP contribution in [0.25, 0.3) is 0 Å². The molecule has 2 N–H and O–H groups in total. The maximum atomic E-state index is 13.0. The minimum absolute atomic E-state index is 0.0587. The molecule has 1 heterocycles. The summed E-state index contributed by atoms with van der Waals surface area (Å²) in [5, 5.41) is 8.14. The van der Waals surface area contributed by atoms with Gasteiger partial charge in [-0.25, -0.2) is 4.39 Å². The van der Waals surface area contributed by atoms with E-state index in [4.69, 9.17) is 0 Å². The van der Waals surface area contributed by atoms with Crippen LogP contribution in [0.15, 0.2) is 29.6 Å². The molecule has 0 unspecified atom stereocenters. The van der Waals surface area contributed by atoms with Gasteiger partial charge in [0.1, 0.15) is 5.82 Å². The topological polar surface area (TPSA) is 41.1 Å². The van der Waals surface area contributed by atoms with Crippen molar-refractivity contribution in [3.05, 3.63) is 51.5 Å². The van der Waals surface area contributed by atoms with E-state index in [1.165, 1.54) is 13.0 Å². The molecular weight excluding hydrogens is 287 g/mol. The number of aryl methyl sites for hydroxylation is 1. The van der Waals surface area contributed by atoms with Gasteiger partial charge in [0.2, 0.25) is 5.91 Å². The van der Waals surface area contributed by atoms with Crippen LogP contribution >= 0.6 is 11.3 Å². The molecule has 0 saturated heterocycles. The molecule has 0 aliphatic heterocycles. The number of amides is 1. The first-order chi connectivity index (χ1) is 10.1. The number of thiophene rings is 1. The number of anilines is 1. The van der Waals surface area contributed by atoms with Crippen LogP contribution in [0.1, 0.15) is 22.9 Å². The Hall–Kier alpha value is -1.72. The van der Waals surface area contributed by atoms with E-state index in [9.17, 15) is 9.18 Å². The van der Waals surface area contributed by atoms with Crippen molar-refractivity contribution < 1.29 is 9.18 Å². The standard InChI is InChI=1S/C16H19FN2OS/c1-11-9-14(17)4-3-13(11)5-7-18-10-16-15(6-8-21-16)19-12(2)20/h3-4,6,8-9,18H,5,7,10H2,1-2H3,(H,19,20). The van der Waals surface area contributed by atoms with E-state index in [1.54, 1.807) is 17.4 Å². The van der Waals surface area contributed by atoms with Crippen molar-refractivity contribution in [1.82, 2.24) is 5.32 Å². The quantitative estimate of drug-likeness (QED) is 0.802. The highest BCUT2D eigenvalue weighted by Crippen LogP contribution is 2.22. The lowest BCUT2D eigenvalue weighted by Crippen LogP contribution is -2.17. The molecule has 1 amide bonds. The Bertz CT molecular complexity index is 624. The zero-order chi connectivity index (χ0) is 15.2. The fourth-order valence-corrected chi connectivity index (χ4v) is 2.94. The van der Waals surface area contributed by atoms with Gasteiger partial charge in [-0.15, -0.1) is 11.3 Å². The number of rotatable bonds is 6. The Morgan fingerprint density at radius 1 is 1.33 bits per heavy atom. The van der Waals surface area contributed by atoms with Gasteiger partial charge in [-0.05, 0) is 54.6 Å². The summed E-state index contributed by atoms with van der Waals surface area (Å²) in [6.45, 7) is 4.95. The lowest BCUT2D eigenvalue weighted by molar-refractivity contribution is -0.114. The third kappa shape index (κ3) is 4.65. The number of carbonyl (C=O) groups excluding carboxylic acids is 1. The summed E-state index contributed by atoms with van der Waals surface area (Å²) in [6.07, 6.45) is 0.854. The van der Waals surface area contributed by atoms with Gasteiger partial charge in [0.15, 0.2) is 0 Å². The first-order valence-corrected chi connectivity index (χ1v) is 7.74. The van der Waals surface area contributed by atoms with Crippen LogP contribution in [0.2, 0.25) is 0 Å². The zero-order valence-corrected chi connectivity index (χ0v) is 13.0. The van der Waals surface area contributed by atoms with Gasteiger partial charge >= 0.3 is 0 Å². The molecule has 0 atom stereocenters. The highest BCUT2D eigenvalue weighted by Gasteiger charge is 2.05. The van der Waals surface area contributed by atoms with Crippen LogP contribution < -0.4 is 10.6 Å². The Kier molecular flexibility index (Phi) is 5.47. The maximum absolute atomic E-state index is 13.0. The van der Waals surface area contributed by atoms with Crippen molar-refractivity contribution >= 4 is 22.9 Å². The minimum Gasteiger partial charge on any atom is -0.325 e. The fourth-order valence-electron chi connectivity index (χ4n) is 2.14. The van der Waals surface area contributed by atoms with Crippen molar-refractivity contribution in [2.24, 2.45) is 0 Å². The van der Waals surface area contributed by atoms with Crippen molar-refractivity contribution in [2.75, 3.05) is 11.9 Å². The third-order valence-corrected chi connectivity index (χ3v) is 4.14. The monoisotopic (exact) mass is 306 g/mol. The average Bonchev–Trinajstić information content (AvgIpc) is 2.83. The smallest absolute Gasteiger partial charge is 0.221 e. The van der Waals surface area contributed by atoms with Gasteiger partial charge in [0, 0.05) is 18.3 Å². The van der Waals surface area contributed by atoms with Crippen LogP contribution in [0.3, 0.4) is 0 Å². The Morgan fingerprint density at radius 2 is 2.14 bits per heavy atom. The summed E-state index contributed by atoms with van der Waals surface area (Å²) in [7, 11) is 0. The molecule has 112 valence electrons. The second-order valence-corrected chi connectivity index (χ2v) is 5.94. The maximum Gasteiger partial charge on any atom is 0.221 e. The molecule has 1 aromatic carbocycles. The number of nitrogens with one attached hydrogen (secondary N) is 2. The number of hydrogen-bond acceptors (Lipinski definition) is 3. The Labute approximate surface area is 128 Å². The van der Waals surface area contributed by atoms with Gasteiger partial charge in [0.05, 0.1) is 5.69 Å².